The lowest BCUT2D eigenvalue weighted by Gasteiger charge is -2.36. The summed E-state index contributed by atoms with van der Waals surface area (Å²) in [5.74, 6) is 0.827. The Morgan fingerprint density at radius 2 is 2.05 bits per heavy atom. The predicted molar refractivity (Wildman–Crippen MR) is 82.1 cm³/mol. The van der Waals surface area contributed by atoms with Gasteiger partial charge in [0.15, 0.2) is 6.10 Å². The maximum atomic E-state index is 12.3. The zero-order valence-corrected chi connectivity index (χ0v) is 12.4. The summed E-state index contributed by atoms with van der Waals surface area (Å²) in [6, 6.07) is 7.86. The molecule has 1 amide bonds. The molecule has 3 N–H and O–H groups in total. The molecule has 0 radical (unpaired) electrons. The highest BCUT2D eigenvalue weighted by Gasteiger charge is 2.33. The molecule has 4 heteroatoms. The Bertz CT molecular complexity index is 484. The van der Waals surface area contributed by atoms with E-state index >= 15 is 0 Å². The van der Waals surface area contributed by atoms with Gasteiger partial charge >= 0.3 is 0 Å². The second-order valence-electron chi connectivity index (χ2n) is 6.40. The first-order valence-corrected chi connectivity index (χ1v) is 7.95. The molecule has 3 rings (SSSR count). The van der Waals surface area contributed by atoms with E-state index < -0.39 is 0 Å². The van der Waals surface area contributed by atoms with Crippen LogP contribution in [0, 0.1) is 5.41 Å². The van der Waals surface area contributed by atoms with E-state index in [0.717, 1.165) is 24.2 Å². The number of ether oxygens (including phenoxy) is 1. The molecule has 1 fully saturated rings. The number of nitrogens with one attached hydrogen (secondary N) is 1. The van der Waals surface area contributed by atoms with Crippen molar-refractivity contribution in [2.24, 2.45) is 11.1 Å². The highest BCUT2D eigenvalue weighted by molar-refractivity contribution is 5.82. The van der Waals surface area contributed by atoms with Crippen LogP contribution in [-0.2, 0) is 11.2 Å². The maximum Gasteiger partial charge on any atom is 0.261 e. The Morgan fingerprint density at radius 3 is 2.76 bits per heavy atom. The number of carbonyl (C=O) groups excluding carboxylic acids is 1. The van der Waals surface area contributed by atoms with Gasteiger partial charge < -0.3 is 15.8 Å². The fourth-order valence-corrected chi connectivity index (χ4v) is 3.47. The molecular weight excluding hydrogens is 264 g/mol. The van der Waals surface area contributed by atoms with Crippen molar-refractivity contribution in [2.45, 2.75) is 44.6 Å². The topological polar surface area (TPSA) is 64.3 Å². The van der Waals surface area contributed by atoms with Crippen LogP contribution in [0.5, 0.6) is 5.75 Å². The van der Waals surface area contributed by atoms with Gasteiger partial charge in [-0.2, -0.15) is 0 Å². The van der Waals surface area contributed by atoms with Gasteiger partial charge in [0.1, 0.15) is 5.75 Å². The van der Waals surface area contributed by atoms with E-state index in [4.69, 9.17) is 10.5 Å². The summed E-state index contributed by atoms with van der Waals surface area (Å²) in [5.41, 5.74) is 7.18. The van der Waals surface area contributed by atoms with E-state index in [1.807, 2.05) is 24.3 Å². The Balaban J connectivity index is 1.55. The number of hydrogen-bond donors (Lipinski definition) is 2. The molecule has 1 aliphatic carbocycles. The average Bonchev–Trinajstić information content (AvgIpc) is 2.97. The highest BCUT2D eigenvalue weighted by Crippen LogP contribution is 2.35. The molecule has 114 valence electrons. The summed E-state index contributed by atoms with van der Waals surface area (Å²) in [6.45, 7) is 1.33. The number of benzene rings is 1. The van der Waals surface area contributed by atoms with Crippen molar-refractivity contribution in [1.82, 2.24) is 5.32 Å². The smallest absolute Gasteiger partial charge is 0.261 e. The summed E-state index contributed by atoms with van der Waals surface area (Å²) < 4.78 is 5.73. The van der Waals surface area contributed by atoms with Crippen LogP contribution in [0.4, 0.5) is 0 Å². The molecule has 0 saturated heterocycles. The minimum Gasteiger partial charge on any atom is -0.480 e. The highest BCUT2D eigenvalue weighted by atomic mass is 16.5. The minimum absolute atomic E-state index is 0.00963. The lowest BCUT2D eigenvalue weighted by atomic mass is 9.74. The third kappa shape index (κ3) is 3.05. The summed E-state index contributed by atoms with van der Waals surface area (Å²) in [6.07, 6.45) is 6.25. The van der Waals surface area contributed by atoms with Gasteiger partial charge in [-0.25, -0.2) is 0 Å². The molecule has 21 heavy (non-hydrogen) atoms. The second-order valence-corrected chi connectivity index (χ2v) is 6.40. The quantitative estimate of drug-likeness (QED) is 0.891. The number of para-hydroxylation sites is 1. The monoisotopic (exact) mass is 288 g/mol. The van der Waals surface area contributed by atoms with Crippen LogP contribution in [0.15, 0.2) is 24.3 Å². The summed E-state index contributed by atoms with van der Waals surface area (Å²) in [5, 5.41) is 3.08. The molecule has 1 heterocycles. The standard InChI is InChI=1S/C17H24N2O2/c18-11-17(8-4-1-5-9-17)12-19-16(20)15-10-13-6-2-3-7-14(13)21-15/h2-3,6-7,15H,1,4-5,8-12,18H2,(H,19,20). The van der Waals surface area contributed by atoms with E-state index in [2.05, 4.69) is 5.32 Å². The number of fused-ring (bicyclic) bond motifs is 1. The van der Waals surface area contributed by atoms with Gasteiger partial charge in [-0.1, -0.05) is 37.5 Å². The molecule has 2 aliphatic rings. The SMILES string of the molecule is NCC1(CNC(=O)C2Cc3ccccc3O2)CCCCC1. The molecule has 0 aromatic heterocycles. The predicted octanol–water partition coefficient (Wildman–Crippen LogP) is 2.02. The van der Waals surface area contributed by atoms with Crippen LogP contribution in [0.3, 0.4) is 0 Å². The molecular formula is C17H24N2O2. The van der Waals surface area contributed by atoms with Gasteiger partial charge in [0.25, 0.3) is 5.91 Å². The normalized spacial score (nSPS) is 23.2. The van der Waals surface area contributed by atoms with Gasteiger partial charge in [0.2, 0.25) is 0 Å². The molecule has 0 bridgehead atoms. The zero-order chi connectivity index (χ0) is 14.7. The number of rotatable bonds is 4. The van der Waals surface area contributed by atoms with Crippen molar-refractivity contribution in [1.29, 1.82) is 0 Å². The van der Waals surface area contributed by atoms with Crippen LogP contribution in [-0.4, -0.2) is 25.1 Å². The Hall–Kier alpha value is -1.55. The van der Waals surface area contributed by atoms with Gasteiger partial charge in [-0.05, 0) is 36.4 Å². The van der Waals surface area contributed by atoms with E-state index in [1.165, 1.54) is 19.3 Å². The number of carbonyl (C=O) groups is 1. The van der Waals surface area contributed by atoms with Gasteiger partial charge in [-0.3, -0.25) is 4.79 Å². The number of nitrogens with two attached hydrogens (primary N) is 1. The Kier molecular flexibility index (Phi) is 4.15. The van der Waals surface area contributed by atoms with E-state index in [9.17, 15) is 4.79 Å². The third-order valence-electron chi connectivity index (χ3n) is 4.92. The van der Waals surface area contributed by atoms with E-state index in [0.29, 0.717) is 19.5 Å². The summed E-state index contributed by atoms with van der Waals surface area (Å²) >= 11 is 0. The molecule has 1 atom stereocenters. The van der Waals surface area contributed by atoms with Gasteiger partial charge in [-0.15, -0.1) is 0 Å². The average molecular weight is 288 g/mol. The molecule has 1 saturated carbocycles. The maximum absolute atomic E-state index is 12.3. The minimum atomic E-state index is -0.388. The van der Waals surface area contributed by atoms with Crippen molar-refractivity contribution < 1.29 is 9.53 Å². The molecule has 1 unspecified atom stereocenters. The van der Waals surface area contributed by atoms with Crippen molar-refractivity contribution in [2.75, 3.05) is 13.1 Å². The van der Waals surface area contributed by atoms with Gasteiger partial charge in [0, 0.05) is 13.0 Å². The van der Waals surface area contributed by atoms with Crippen molar-refractivity contribution in [3.63, 3.8) is 0 Å². The van der Waals surface area contributed by atoms with Crippen LogP contribution < -0.4 is 15.8 Å². The lowest BCUT2D eigenvalue weighted by molar-refractivity contribution is -0.127. The van der Waals surface area contributed by atoms with Crippen LogP contribution >= 0.6 is 0 Å². The third-order valence-corrected chi connectivity index (χ3v) is 4.92. The molecule has 0 spiro atoms. The first kappa shape index (κ1) is 14.4. The zero-order valence-electron chi connectivity index (χ0n) is 12.4. The van der Waals surface area contributed by atoms with E-state index in [-0.39, 0.29) is 17.4 Å². The molecule has 1 aromatic rings. The number of hydrogen-bond acceptors (Lipinski definition) is 3. The largest absolute Gasteiger partial charge is 0.480 e. The first-order valence-electron chi connectivity index (χ1n) is 7.95. The van der Waals surface area contributed by atoms with Crippen molar-refractivity contribution >= 4 is 5.91 Å². The molecule has 1 aromatic carbocycles. The second kappa shape index (κ2) is 6.06. The van der Waals surface area contributed by atoms with Crippen molar-refractivity contribution in [3.05, 3.63) is 29.8 Å². The first-order chi connectivity index (χ1) is 10.2. The lowest BCUT2D eigenvalue weighted by Crippen LogP contribution is -2.47. The fourth-order valence-electron chi connectivity index (χ4n) is 3.47. The van der Waals surface area contributed by atoms with E-state index in [1.54, 1.807) is 0 Å². The molecule has 4 nitrogen and oxygen atoms in total. The Morgan fingerprint density at radius 1 is 1.29 bits per heavy atom. The fraction of sp³-hybridized carbons (Fsp3) is 0.588. The number of amides is 1. The van der Waals surface area contributed by atoms with Crippen molar-refractivity contribution in [3.8, 4) is 5.75 Å². The van der Waals surface area contributed by atoms with Crippen LogP contribution in [0.1, 0.15) is 37.7 Å². The van der Waals surface area contributed by atoms with Crippen LogP contribution in [0.2, 0.25) is 0 Å². The summed E-state index contributed by atoms with van der Waals surface area (Å²) in [4.78, 5) is 12.3. The molecule has 1 aliphatic heterocycles. The van der Waals surface area contributed by atoms with Crippen LogP contribution in [0.25, 0.3) is 0 Å². The van der Waals surface area contributed by atoms with Gasteiger partial charge in [0.05, 0.1) is 0 Å². The summed E-state index contributed by atoms with van der Waals surface area (Å²) in [7, 11) is 0. The Labute approximate surface area is 126 Å².